The standard InChI is InChI=1S/C21H32N2O4/c1-6-26-19(24)17-14-23(20(25)27-21(3,4)5)13-12-18(17)22-15(2)16-10-8-7-9-11-16/h7-11,15,17-18,22H,6,12-14H2,1-5H3/t15?,17-,18+/m0/s1. The Hall–Kier alpha value is -2.08. The molecule has 1 aromatic rings. The number of esters is 1. The third-order valence-electron chi connectivity index (χ3n) is 4.62. The minimum atomic E-state index is -0.562. The molecule has 1 aromatic carbocycles. The fourth-order valence-corrected chi connectivity index (χ4v) is 3.29. The zero-order valence-corrected chi connectivity index (χ0v) is 17.0. The zero-order chi connectivity index (χ0) is 20.0. The van der Waals surface area contributed by atoms with Gasteiger partial charge in [0, 0.05) is 25.2 Å². The summed E-state index contributed by atoms with van der Waals surface area (Å²) in [5, 5.41) is 3.55. The number of carbonyl (C=O) groups excluding carboxylic acids is 2. The van der Waals surface area contributed by atoms with Crippen LogP contribution in [0, 0.1) is 5.92 Å². The lowest BCUT2D eigenvalue weighted by Crippen LogP contribution is -2.55. The van der Waals surface area contributed by atoms with Crippen LogP contribution in [0.15, 0.2) is 30.3 Å². The van der Waals surface area contributed by atoms with Crippen molar-refractivity contribution in [2.75, 3.05) is 19.7 Å². The summed E-state index contributed by atoms with van der Waals surface area (Å²) in [7, 11) is 0. The van der Waals surface area contributed by atoms with Crippen LogP contribution >= 0.6 is 0 Å². The van der Waals surface area contributed by atoms with Gasteiger partial charge in [0.05, 0.1) is 12.5 Å². The second kappa shape index (κ2) is 9.22. The minimum Gasteiger partial charge on any atom is -0.466 e. The highest BCUT2D eigenvalue weighted by Crippen LogP contribution is 2.24. The van der Waals surface area contributed by atoms with E-state index in [-0.39, 0.29) is 24.1 Å². The first-order valence-electron chi connectivity index (χ1n) is 9.67. The summed E-state index contributed by atoms with van der Waals surface area (Å²) >= 11 is 0. The Balaban J connectivity index is 2.08. The molecule has 1 saturated heterocycles. The molecule has 0 saturated carbocycles. The molecule has 2 rings (SSSR count). The molecule has 27 heavy (non-hydrogen) atoms. The number of amides is 1. The molecule has 0 spiro atoms. The van der Waals surface area contributed by atoms with E-state index >= 15 is 0 Å². The number of hydrogen-bond donors (Lipinski definition) is 1. The summed E-state index contributed by atoms with van der Waals surface area (Å²) in [6, 6.07) is 10.2. The number of rotatable bonds is 5. The van der Waals surface area contributed by atoms with Gasteiger partial charge in [-0.2, -0.15) is 0 Å². The van der Waals surface area contributed by atoms with Crippen LogP contribution in [0.3, 0.4) is 0 Å². The fraction of sp³-hybridized carbons (Fsp3) is 0.619. The third kappa shape index (κ3) is 6.24. The molecule has 3 atom stereocenters. The lowest BCUT2D eigenvalue weighted by molar-refractivity contribution is -0.151. The van der Waals surface area contributed by atoms with Crippen LogP contribution in [0.2, 0.25) is 0 Å². The van der Waals surface area contributed by atoms with E-state index in [2.05, 4.69) is 24.4 Å². The molecule has 0 aliphatic carbocycles. The Bertz CT molecular complexity index is 627. The molecule has 6 nitrogen and oxygen atoms in total. The van der Waals surface area contributed by atoms with Crippen LogP contribution in [0.4, 0.5) is 4.79 Å². The molecule has 6 heteroatoms. The average Bonchev–Trinajstić information content (AvgIpc) is 2.61. The molecule has 1 amide bonds. The Morgan fingerprint density at radius 1 is 1.26 bits per heavy atom. The Labute approximate surface area is 162 Å². The van der Waals surface area contributed by atoms with E-state index in [4.69, 9.17) is 9.47 Å². The normalized spacial score (nSPS) is 21.4. The van der Waals surface area contributed by atoms with Gasteiger partial charge in [-0.25, -0.2) is 4.79 Å². The number of nitrogens with one attached hydrogen (secondary N) is 1. The lowest BCUT2D eigenvalue weighted by atomic mass is 9.91. The van der Waals surface area contributed by atoms with Gasteiger partial charge >= 0.3 is 12.1 Å². The van der Waals surface area contributed by atoms with Crippen LogP contribution in [-0.4, -0.2) is 48.3 Å². The van der Waals surface area contributed by atoms with Crippen LogP contribution in [0.5, 0.6) is 0 Å². The Morgan fingerprint density at radius 3 is 2.52 bits per heavy atom. The first-order valence-corrected chi connectivity index (χ1v) is 9.67. The summed E-state index contributed by atoms with van der Waals surface area (Å²) in [5.41, 5.74) is 0.600. The van der Waals surface area contributed by atoms with Gasteiger partial charge in [0.2, 0.25) is 0 Å². The van der Waals surface area contributed by atoms with Gasteiger partial charge in [0.25, 0.3) is 0 Å². The number of piperidine rings is 1. The van der Waals surface area contributed by atoms with Gasteiger partial charge < -0.3 is 19.7 Å². The molecule has 1 unspecified atom stereocenters. The quantitative estimate of drug-likeness (QED) is 0.797. The van der Waals surface area contributed by atoms with Crippen molar-refractivity contribution in [2.24, 2.45) is 5.92 Å². The minimum absolute atomic E-state index is 0.0575. The molecule has 1 aliphatic rings. The van der Waals surface area contributed by atoms with E-state index in [1.54, 1.807) is 11.8 Å². The summed E-state index contributed by atoms with van der Waals surface area (Å²) in [4.78, 5) is 26.6. The molecule has 1 N–H and O–H groups in total. The van der Waals surface area contributed by atoms with Gasteiger partial charge in [-0.1, -0.05) is 30.3 Å². The number of likely N-dealkylation sites (tertiary alicyclic amines) is 1. The number of carbonyl (C=O) groups is 2. The molecule has 1 fully saturated rings. The second-order valence-corrected chi connectivity index (χ2v) is 7.98. The molecule has 0 bridgehead atoms. The van der Waals surface area contributed by atoms with Crippen molar-refractivity contribution in [2.45, 2.75) is 58.7 Å². The van der Waals surface area contributed by atoms with E-state index in [0.717, 1.165) is 5.56 Å². The number of benzene rings is 1. The van der Waals surface area contributed by atoms with Crippen molar-refractivity contribution in [3.8, 4) is 0 Å². The predicted molar refractivity (Wildman–Crippen MR) is 104 cm³/mol. The van der Waals surface area contributed by atoms with Crippen LogP contribution in [0.25, 0.3) is 0 Å². The summed E-state index contributed by atoms with van der Waals surface area (Å²) in [6.45, 7) is 10.6. The monoisotopic (exact) mass is 376 g/mol. The molecule has 150 valence electrons. The first kappa shape index (κ1) is 21.2. The van der Waals surface area contributed by atoms with Crippen LogP contribution in [-0.2, 0) is 14.3 Å². The molecule has 1 heterocycles. The highest BCUT2D eigenvalue weighted by Gasteiger charge is 2.38. The van der Waals surface area contributed by atoms with Gasteiger partial charge in [0.1, 0.15) is 5.60 Å². The average molecular weight is 376 g/mol. The van der Waals surface area contributed by atoms with E-state index in [1.807, 2.05) is 39.0 Å². The Morgan fingerprint density at radius 2 is 1.93 bits per heavy atom. The number of hydrogen-bond acceptors (Lipinski definition) is 5. The van der Waals surface area contributed by atoms with Gasteiger partial charge in [0.15, 0.2) is 0 Å². The highest BCUT2D eigenvalue weighted by molar-refractivity contribution is 5.76. The molecular weight excluding hydrogens is 344 g/mol. The maximum Gasteiger partial charge on any atom is 0.410 e. The smallest absolute Gasteiger partial charge is 0.410 e. The van der Waals surface area contributed by atoms with Gasteiger partial charge in [-0.15, -0.1) is 0 Å². The highest BCUT2D eigenvalue weighted by atomic mass is 16.6. The number of nitrogens with zero attached hydrogens (tertiary/aromatic N) is 1. The molecule has 0 radical (unpaired) electrons. The van der Waals surface area contributed by atoms with Crippen molar-refractivity contribution in [1.82, 2.24) is 10.2 Å². The van der Waals surface area contributed by atoms with E-state index < -0.39 is 11.5 Å². The third-order valence-corrected chi connectivity index (χ3v) is 4.62. The van der Waals surface area contributed by atoms with Crippen LogP contribution in [0.1, 0.15) is 52.6 Å². The lowest BCUT2D eigenvalue weighted by Gasteiger charge is -2.39. The molecule has 1 aliphatic heterocycles. The van der Waals surface area contributed by atoms with E-state index in [9.17, 15) is 9.59 Å². The first-order chi connectivity index (χ1) is 12.7. The summed E-state index contributed by atoms with van der Waals surface area (Å²) < 4.78 is 10.7. The van der Waals surface area contributed by atoms with Crippen molar-refractivity contribution in [3.05, 3.63) is 35.9 Å². The second-order valence-electron chi connectivity index (χ2n) is 7.98. The van der Waals surface area contributed by atoms with Gasteiger partial charge in [-0.3, -0.25) is 4.79 Å². The summed E-state index contributed by atoms with van der Waals surface area (Å²) in [6.07, 6.45) is 0.284. The largest absolute Gasteiger partial charge is 0.466 e. The molecule has 0 aromatic heterocycles. The molecular formula is C21H32N2O4. The van der Waals surface area contributed by atoms with E-state index in [1.165, 1.54) is 0 Å². The van der Waals surface area contributed by atoms with Crippen LogP contribution < -0.4 is 5.32 Å². The summed E-state index contributed by atoms with van der Waals surface area (Å²) in [5.74, 6) is -0.694. The van der Waals surface area contributed by atoms with Gasteiger partial charge in [-0.05, 0) is 46.6 Å². The SMILES string of the molecule is CCOC(=O)[C@H]1CN(C(=O)OC(C)(C)C)CC[C@H]1NC(C)c1ccccc1. The van der Waals surface area contributed by atoms with Crippen molar-refractivity contribution >= 4 is 12.1 Å². The maximum atomic E-state index is 12.5. The number of ether oxygens (including phenoxy) is 2. The fourth-order valence-electron chi connectivity index (χ4n) is 3.29. The Kier molecular flexibility index (Phi) is 7.25. The predicted octanol–water partition coefficient (Wildman–Crippen LogP) is 3.53. The topological polar surface area (TPSA) is 67.9 Å². The van der Waals surface area contributed by atoms with Crippen molar-refractivity contribution < 1.29 is 19.1 Å². The van der Waals surface area contributed by atoms with Crippen molar-refractivity contribution in [3.63, 3.8) is 0 Å². The van der Waals surface area contributed by atoms with E-state index in [0.29, 0.717) is 26.1 Å². The maximum absolute atomic E-state index is 12.5. The zero-order valence-electron chi connectivity index (χ0n) is 17.0. The van der Waals surface area contributed by atoms with Crippen molar-refractivity contribution in [1.29, 1.82) is 0 Å².